The van der Waals surface area contributed by atoms with Gasteiger partial charge in [0.25, 0.3) is 0 Å². The number of methoxy groups -OCH3 is 1. The minimum atomic E-state index is 0.658. The number of hydrogen-bond donors (Lipinski definition) is 1. The van der Waals surface area contributed by atoms with Crippen LogP contribution in [0.25, 0.3) is 22.2 Å². The molecule has 1 aliphatic carbocycles. The summed E-state index contributed by atoms with van der Waals surface area (Å²) in [5, 5.41) is 1.38. The Morgan fingerprint density at radius 1 is 0.865 bits per heavy atom. The number of hydrogen-bond acceptors (Lipinski definition) is 4. The van der Waals surface area contributed by atoms with Gasteiger partial charge < -0.3 is 19.5 Å². The van der Waals surface area contributed by atoms with Gasteiger partial charge in [-0.15, -0.1) is 0 Å². The third-order valence-electron chi connectivity index (χ3n) is 9.61. The average Bonchev–Trinajstić information content (AvgIpc) is 3.55. The fraction of sp³-hybridized carbons (Fsp3) is 0.594. The van der Waals surface area contributed by atoms with Gasteiger partial charge in [-0.25, -0.2) is 4.98 Å². The number of nitrogens with one attached hydrogen (secondary N) is 1. The standard InChI is InChI=1S/C32H44N4O/c1-3-28-29-21-24(10-11-30(29)34-32(28)25-12-16-33-31(22-25)37-2)23-13-18-36(19-14-23)27-9-6-17-35(20-15-27)26-7-4-5-8-26/h10-12,16,21-23,26-27,34H,3-9,13-15,17-20H2,1-2H3. The minimum Gasteiger partial charge on any atom is -0.481 e. The van der Waals surface area contributed by atoms with Crippen molar-refractivity contribution in [2.45, 2.75) is 89.1 Å². The van der Waals surface area contributed by atoms with Gasteiger partial charge in [-0.2, -0.15) is 0 Å². The van der Waals surface area contributed by atoms with Crippen LogP contribution < -0.4 is 4.74 Å². The zero-order valence-corrected chi connectivity index (χ0v) is 22.8. The van der Waals surface area contributed by atoms with Crippen molar-refractivity contribution in [1.29, 1.82) is 0 Å². The van der Waals surface area contributed by atoms with E-state index in [1.54, 1.807) is 7.11 Å². The maximum Gasteiger partial charge on any atom is 0.213 e. The third-order valence-corrected chi connectivity index (χ3v) is 9.61. The number of pyridine rings is 1. The largest absolute Gasteiger partial charge is 0.481 e. The van der Waals surface area contributed by atoms with Crippen molar-refractivity contribution in [2.75, 3.05) is 33.3 Å². The van der Waals surface area contributed by atoms with Crippen LogP contribution in [0.5, 0.6) is 5.88 Å². The van der Waals surface area contributed by atoms with E-state index in [4.69, 9.17) is 4.74 Å². The molecule has 1 atom stereocenters. The summed E-state index contributed by atoms with van der Waals surface area (Å²) >= 11 is 0. The summed E-state index contributed by atoms with van der Waals surface area (Å²) in [4.78, 5) is 13.7. The van der Waals surface area contributed by atoms with Crippen LogP contribution in [-0.2, 0) is 6.42 Å². The van der Waals surface area contributed by atoms with Crippen molar-refractivity contribution < 1.29 is 4.74 Å². The molecule has 3 fully saturated rings. The topological polar surface area (TPSA) is 44.4 Å². The molecule has 2 saturated heterocycles. The normalized spacial score (nSPS) is 23.0. The number of aromatic amines is 1. The first-order valence-corrected chi connectivity index (χ1v) is 14.9. The summed E-state index contributed by atoms with van der Waals surface area (Å²) in [7, 11) is 1.68. The van der Waals surface area contributed by atoms with Crippen molar-refractivity contribution in [3.05, 3.63) is 47.7 Å². The Morgan fingerprint density at radius 2 is 1.59 bits per heavy atom. The Hall–Kier alpha value is -2.37. The van der Waals surface area contributed by atoms with Gasteiger partial charge in [-0.05, 0) is 113 Å². The summed E-state index contributed by atoms with van der Waals surface area (Å²) in [6.45, 7) is 7.43. The summed E-state index contributed by atoms with van der Waals surface area (Å²) in [6, 6.07) is 13.0. The maximum atomic E-state index is 5.38. The Bertz CT molecular complexity index is 1190. The molecule has 2 aliphatic heterocycles. The lowest BCUT2D eigenvalue weighted by atomic mass is 9.87. The molecule has 3 aromatic rings. The summed E-state index contributed by atoms with van der Waals surface area (Å²) in [5.41, 5.74) is 6.49. The fourth-order valence-corrected chi connectivity index (χ4v) is 7.51. The molecule has 1 N–H and O–H groups in total. The number of rotatable bonds is 6. The van der Waals surface area contributed by atoms with E-state index < -0.39 is 0 Å². The van der Waals surface area contributed by atoms with Crippen molar-refractivity contribution in [3.8, 4) is 17.1 Å². The number of H-pyrrole nitrogens is 1. The van der Waals surface area contributed by atoms with Gasteiger partial charge in [0, 0.05) is 46.5 Å². The number of likely N-dealkylation sites (tertiary alicyclic amines) is 2. The first kappa shape index (κ1) is 24.9. The molecule has 1 unspecified atom stereocenters. The number of benzene rings is 1. The van der Waals surface area contributed by atoms with Crippen molar-refractivity contribution in [1.82, 2.24) is 19.8 Å². The highest BCUT2D eigenvalue weighted by Gasteiger charge is 2.30. The highest BCUT2D eigenvalue weighted by Crippen LogP contribution is 2.37. The van der Waals surface area contributed by atoms with Gasteiger partial charge in [-0.3, -0.25) is 0 Å². The predicted molar refractivity (Wildman–Crippen MR) is 152 cm³/mol. The molecule has 37 heavy (non-hydrogen) atoms. The van der Waals surface area contributed by atoms with E-state index in [2.05, 4.69) is 51.0 Å². The molecule has 198 valence electrons. The molecule has 3 aliphatic rings. The molecule has 6 rings (SSSR count). The van der Waals surface area contributed by atoms with Gasteiger partial charge >= 0.3 is 0 Å². The first-order valence-electron chi connectivity index (χ1n) is 14.9. The lowest BCUT2D eigenvalue weighted by molar-refractivity contribution is 0.134. The molecular weight excluding hydrogens is 456 g/mol. The van der Waals surface area contributed by atoms with Crippen molar-refractivity contribution >= 4 is 10.9 Å². The van der Waals surface area contributed by atoms with Gasteiger partial charge in [0.15, 0.2) is 0 Å². The Balaban J connectivity index is 1.13. The van der Waals surface area contributed by atoms with Crippen molar-refractivity contribution in [2.24, 2.45) is 0 Å². The van der Waals surface area contributed by atoms with Crippen LogP contribution in [0.3, 0.4) is 0 Å². The van der Waals surface area contributed by atoms with Gasteiger partial charge in [0.1, 0.15) is 0 Å². The summed E-state index contributed by atoms with van der Waals surface area (Å²) in [6.07, 6.45) is 15.3. The lowest BCUT2D eigenvalue weighted by Gasteiger charge is -2.37. The van der Waals surface area contributed by atoms with E-state index >= 15 is 0 Å². The molecule has 0 radical (unpaired) electrons. The Kier molecular flexibility index (Phi) is 7.53. The average molecular weight is 501 g/mol. The minimum absolute atomic E-state index is 0.658. The lowest BCUT2D eigenvalue weighted by Crippen LogP contribution is -2.42. The zero-order valence-electron chi connectivity index (χ0n) is 22.8. The van der Waals surface area contributed by atoms with E-state index in [1.165, 1.54) is 112 Å². The quantitative estimate of drug-likeness (QED) is 0.405. The molecule has 5 nitrogen and oxygen atoms in total. The molecule has 0 spiro atoms. The van der Waals surface area contributed by atoms with Crippen LogP contribution in [0.4, 0.5) is 0 Å². The third kappa shape index (κ3) is 5.18. The number of fused-ring (bicyclic) bond motifs is 1. The van der Waals surface area contributed by atoms with Crippen LogP contribution >= 0.6 is 0 Å². The van der Waals surface area contributed by atoms with Crippen molar-refractivity contribution in [3.63, 3.8) is 0 Å². The fourth-order valence-electron chi connectivity index (χ4n) is 7.51. The van der Waals surface area contributed by atoms with E-state index in [1.807, 2.05) is 12.3 Å². The highest BCUT2D eigenvalue weighted by atomic mass is 16.5. The van der Waals surface area contributed by atoms with E-state index in [0.29, 0.717) is 11.8 Å². The first-order chi connectivity index (χ1) is 18.2. The second-order valence-electron chi connectivity index (χ2n) is 11.6. The summed E-state index contributed by atoms with van der Waals surface area (Å²) < 4.78 is 5.38. The molecule has 4 heterocycles. The number of piperidine rings is 1. The van der Waals surface area contributed by atoms with E-state index in [9.17, 15) is 0 Å². The van der Waals surface area contributed by atoms with Gasteiger partial charge in [-0.1, -0.05) is 25.8 Å². The predicted octanol–water partition coefficient (Wildman–Crippen LogP) is 6.78. The molecule has 1 aromatic carbocycles. The molecular formula is C32H44N4O. The van der Waals surface area contributed by atoms with Crippen LogP contribution in [-0.4, -0.2) is 65.1 Å². The molecule has 5 heteroatoms. The van der Waals surface area contributed by atoms with Crippen LogP contribution in [0.2, 0.25) is 0 Å². The Morgan fingerprint density at radius 3 is 2.38 bits per heavy atom. The number of nitrogens with zero attached hydrogens (tertiary/aromatic N) is 3. The molecule has 1 saturated carbocycles. The zero-order chi connectivity index (χ0) is 25.2. The highest BCUT2D eigenvalue weighted by molar-refractivity contribution is 5.91. The van der Waals surface area contributed by atoms with E-state index in [-0.39, 0.29) is 0 Å². The van der Waals surface area contributed by atoms with Gasteiger partial charge in [0.05, 0.1) is 7.11 Å². The summed E-state index contributed by atoms with van der Waals surface area (Å²) in [5.74, 6) is 1.33. The molecule has 0 bridgehead atoms. The number of aryl methyl sites for hydroxylation is 1. The SMILES string of the molecule is CCc1c(-c2ccnc(OC)c2)[nH]c2ccc(C3CCN(C4CCCN(C5CCCC5)CC4)CC3)cc12. The maximum absolute atomic E-state index is 5.38. The van der Waals surface area contributed by atoms with Crippen LogP contribution in [0.1, 0.15) is 81.8 Å². The van der Waals surface area contributed by atoms with Gasteiger partial charge in [0.2, 0.25) is 5.88 Å². The monoisotopic (exact) mass is 500 g/mol. The molecule has 0 amide bonds. The Labute approximate surface area is 222 Å². The number of ether oxygens (including phenoxy) is 1. The second kappa shape index (κ2) is 11.2. The second-order valence-corrected chi connectivity index (χ2v) is 11.6. The van der Waals surface area contributed by atoms with Crippen LogP contribution in [0, 0.1) is 0 Å². The van der Waals surface area contributed by atoms with E-state index in [0.717, 1.165) is 24.1 Å². The molecule has 2 aromatic heterocycles. The smallest absolute Gasteiger partial charge is 0.213 e. The van der Waals surface area contributed by atoms with Crippen LogP contribution in [0.15, 0.2) is 36.5 Å². The number of aromatic nitrogens is 2.